The summed E-state index contributed by atoms with van der Waals surface area (Å²) in [5.74, 6) is 0.834. The Morgan fingerprint density at radius 1 is 1.46 bits per heavy atom. The van der Waals surface area contributed by atoms with Crippen LogP contribution in [0.2, 0.25) is 0 Å². The summed E-state index contributed by atoms with van der Waals surface area (Å²) in [4.78, 5) is 0. The fraction of sp³-hybridized carbons (Fsp3) is 0.455. The molecule has 0 aromatic heterocycles. The summed E-state index contributed by atoms with van der Waals surface area (Å²) in [5.41, 5.74) is 1.25. The van der Waals surface area contributed by atoms with E-state index in [2.05, 4.69) is 13.0 Å². The van der Waals surface area contributed by atoms with Crippen molar-refractivity contribution < 1.29 is 9.84 Å². The quantitative estimate of drug-likeness (QED) is 0.768. The van der Waals surface area contributed by atoms with Crippen LogP contribution in [0.1, 0.15) is 19.4 Å². The van der Waals surface area contributed by atoms with Crippen molar-refractivity contribution in [2.75, 3.05) is 6.61 Å². The lowest BCUT2D eigenvalue weighted by Gasteiger charge is -2.08. The average molecular weight is 180 g/mol. The number of hydrogen-bond donors (Lipinski definition) is 1. The minimum Gasteiger partial charge on any atom is -0.491 e. The lowest BCUT2D eigenvalue weighted by Crippen LogP contribution is -2.12. The van der Waals surface area contributed by atoms with Crippen molar-refractivity contribution in [3.63, 3.8) is 0 Å². The number of aliphatic hydroxyl groups excluding tert-OH is 1. The molecule has 72 valence electrons. The van der Waals surface area contributed by atoms with E-state index in [0.717, 1.165) is 12.2 Å². The van der Waals surface area contributed by atoms with Gasteiger partial charge in [0.1, 0.15) is 12.4 Å². The number of rotatable bonds is 4. The van der Waals surface area contributed by atoms with Crippen LogP contribution in [0.15, 0.2) is 24.3 Å². The molecule has 0 fully saturated rings. The second-order valence-corrected chi connectivity index (χ2v) is 3.16. The van der Waals surface area contributed by atoms with Gasteiger partial charge in [0.05, 0.1) is 6.10 Å². The molecular formula is C11H16O2. The van der Waals surface area contributed by atoms with Crippen molar-refractivity contribution >= 4 is 0 Å². The number of benzene rings is 1. The fourth-order valence-electron chi connectivity index (χ4n) is 1.07. The molecule has 0 heterocycles. The van der Waals surface area contributed by atoms with Gasteiger partial charge in [0.15, 0.2) is 0 Å². The topological polar surface area (TPSA) is 29.5 Å². The molecule has 0 radical (unpaired) electrons. The van der Waals surface area contributed by atoms with Gasteiger partial charge in [-0.15, -0.1) is 0 Å². The predicted molar refractivity (Wildman–Crippen MR) is 53.0 cm³/mol. The van der Waals surface area contributed by atoms with Crippen molar-refractivity contribution in [3.05, 3.63) is 29.8 Å². The highest BCUT2D eigenvalue weighted by atomic mass is 16.5. The van der Waals surface area contributed by atoms with Gasteiger partial charge in [-0.1, -0.05) is 19.1 Å². The van der Waals surface area contributed by atoms with Crippen LogP contribution in [0.3, 0.4) is 0 Å². The van der Waals surface area contributed by atoms with Crippen LogP contribution < -0.4 is 4.74 Å². The Bertz CT molecular complexity index is 256. The SMILES string of the molecule is CCc1cccc(OCC(C)O)c1. The van der Waals surface area contributed by atoms with E-state index < -0.39 is 6.10 Å². The molecule has 0 bridgehead atoms. The summed E-state index contributed by atoms with van der Waals surface area (Å²) in [6.07, 6.45) is 0.594. The number of hydrogen-bond acceptors (Lipinski definition) is 2. The number of ether oxygens (including phenoxy) is 1. The summed E-state index contributed by atoms with van der Waals surface area (Å²) in [7, 11) is 0. The number of aliphatic hydroxyl groups is 1. The molecule has 1 unspecified atom stereocenters. The molecule has 0 aliphatic heterocycles. The summed E-state index contributed by atoms with van der Waals surface area (Å²) in [5, 5.41) is 9.02. The molecular weight excluding hydrogens is 164 g/mol. The van der Waals surface area contributed by atoms with Crippen molar-refractivity contribution in [1.82, 2.24) is 0 Å². The van der Waals surface area contributed by atoms with E-state index in [-0.39, 0.29) is 0 Å². The van der Waals surface area contributed by atoms with Gasteiger partial charge in [-0.3, -0.25) is 0 Å². The molecule has 13 heavy (non-hydrogen) atoms. The van der Waals surface area contributed by atoms with Gasteiger partial charge in [0.25, 0.3) is 0 Å². The molecule has 1 aromatic carbocycles. The van der Waals surface area contributed by atoms with Gasteiger partial charge in [-0.05, 0) is 31.0 Å². The van der Waals surface area contributed by atoms with Crippen LogP contribution in [0.4, 0.5) is 0 Å². The molecule has 1 aromatic rings. The first-order valence-electron chi connectivity index (χ1n) is 4.62. The molecule has 0 aliphatic rings. The Hall–Kier alpha value is -1.02. The van der Waals surface area contributed by atoms with E-state index in [1.165, 1.54) is 5.56 Å². The smallest absolute Gasteiger partial charge is 0.119 e. The minimum atomic E-state index is -0.412. The second kappa shape index (κ2) is 4.87. The van der Waals surface area contributed by atoms with E-state index in [9.17, 15) is 0 Å². The molecule has 0 spiro atoms. The summed E-state index contributed by atoms with van der Waals surface area (Å²) in [6, 6.07) is 7.94. The third-order valence-corrected chi connectivity index (χ3v) is 1.80. The third-order valence-electron chi connectivity index (χ3n) is 1.80. The largest absolute Gasteiger partial charge is 0.491 e. The molecule has 2 nitrogen and oxygen atoms in total. The Morgan fingerprint density at radius 2 is 2.23 bits per heavy atom. The Kier molecular flexibility index (Phi) is 3.77. The van der Waals surface area contributed by atoms with E-state index in [1.807, 2.05) is 18.2 Å². The fourth-order valence-corrected chi connectivity index (χ4v) is 1.07. The first kappa shape index (κ1) is 10.1. The van der Waals surface area contributed by atoms with Gasteiger partial charge >= 0.3 is 0 Å². The van der Waals surface area contributed by atoms with E-state index in [0.29, 0.717) is 6.61 Å². The zero-order chi connectivity index (χ0) is 9.68. The van der Waals surface area contributed by atoms with Crippen LogP contribution in [0.25, 0.3) is 0 Å². The highest BCUT2D eigenvalue weighted by molar-refractivity contribution is 5.28. The predicted octanol–water partition coefficient (Wildman–Crippen LogP) is 2.01. The monoisotopic (exact) mass is 180 g/mol. The lowest BCUT2D eigenvalue weighted by atomic mass is 10.2. The lowest BCUT2D eigenvalue weighted by molar-refractivity contribution is 0.122. The zero-order valence-electron chi connectivity index (χ0n) is 8.16. The second-order valence-electron chi connectivity index (χ2n) is 3.16. The van der Waals surface area contributed by atoms with Gasteiger partial charge in [0, 0.05) is 0 Å². The Balaban J connectivity index is 2.56. The Morgan fingerprint density at radius 3 is 2.85 bits per heavy atom. The molecule has 1 atom stereocenters. The van der Waals surface area contributed by atoms with Crippen LogP contribution in [0, 0.1) is 0 Å². The van der Waals surface area contributed by atoms with Crippen molar-refractivity contribution in [2.24, 2.45) is 0 Å². The van der Waals surface area contributed by atoms with Gasteiger partial charge in [-0.25, -0.2) is 0 Å². The van der Waals surface area contributed by atoms with Crippen molar-refractivity contribution in [1.29, 1.82) is 0 Å². The van der Waals surface area contributed by atoms with Gasteiger partial charge in [-0.2, -0.15) is 0 Å². The molecule has 0 aliphatic carbocycles. The van der Waals surface area contributed by atoms with Crippen LogP contribution >= 0.6 is 0 Å². The van der Waals surface area contributed by atoms with Crippen molar-refractivity contribution in [2.45, 2.75) is 26.4 Å². The van der Waals surface area contributed by atoms with E-state index in [1.54, 1.807) is 6.92 Å². The van der Waals surface area contributed by atoms with Gasteiger partial charge < -0.3 is 9.84 Å². The molecule has 0 saturated carbocycles. The molecule has 2 heteroatoms. The zero-order valence-corrected chi connectivity index (χ0v) is 8.16. The maximum absolute atomic E-state index is 9.02. The third kappa shape index (κ3) is 3.47. The van der Waals surface area contributed by atoms with E-state index in [4.69, 9.17) is 9.84 Å². The Labute approximate surface area is 79.2 Å². The van der Waals surface area contributed by atoms with Crippen LogP contribution in [-0.4, -0.2) is 17.8 Å². The number of aryl methyl sites for hydroxylation is 1. The highest BCUT2D eigenvalue weighted by Crippen LogP contribution is 2.13. The normalized spacial score (nSPS) is 12.5. The standard InChI is InChI=1S/C11H16O2/c1-3-10-5-4-6-11(7-10)13-8-9(2)12/h4-7,9,12H,3,8H2,1-2H3. The summed E-state index contributed by atoms with van der Waals surface area (Å²) < 4.78 is 5.36. The van der Waals surface area contributed by atoms with Gasteiger partial charge in [0.2, 0.25) is 0 Å². The summed E-state index contributed by atoms with van der Waals surface area (Å²) in [6.45, 7) is 4.17. The molecule has 0 saturated heterocycles. The first-order valence-corrected chi connectivity index (χ1v) is 4.62. The highest BCUT2D eigenvalue weighted by Gasteiger charge is 1.98. The summed E-state index contributed by atoms with van der Waals surface area (Å²) >= 11 is 0. The first-order chi connectivity index (χ1) is 6.22. The van der Waals surface area contributed by atoms with Crippen LogP contribution in [0.5, 0.6) is 5.75 Å². The van der Waals surface area contributed by atoms with Crippen LogP contribution in [-0.2, 0) is 6.42 Å². The maximum Gasteiger partial charge on any atom is 0.119 e. The average Bonchev–Trinajstić information content (AvgIpc) is 2.15. The maximum atomic E-state index is 9.02. The molecule has 0 amide bonds. The van der Waals surface area contributed by atoms with Crippen molar-refractivity contribution in [3.8, 4) is 5.75 Å². The molecule has 1 N–H and O–H groups in total. The minimum absolute atomic E-state index is 0.354. The van der Waals surface area contributed by atoms with E-state index >= 15 is 0 Å². The molecule has 1 rings (SSSR count).